The van der Waals surface area contributed by atoms with E-state index in [2.05, 4.69) is 38.3 Å². The zero-order valence-corrected chi connectivity index (χ0v) is 9.80. The van der Waals surface area contributed by atoms with Gasteiger partial charge in [-0.15, -0.1) is 0 Å². The van der Waals surface area contributed by atoms with Gasteiger partial charge in [0, 0.05) is 5.57 Å². The first-order chi connectivity index (χ1) is 7.04. The van der Waals surface area contributed by atoms with Gasteiger partial charge in [0.25, 0.3) is 0 Å². The molecule has 15 heavy (non-hydrogen) atoms. The molecule has 1 heteroatoms. The molecule has 1 nitrogen and oxygen atoms in total. The molecule has 1 rings (SSSR count). The summed E-state index contributed by atoms with van der Waals surface area (Å²) in [4.78, 5) is 0. The van der Waals surface area contributed by atoms with E-state index in [4.69, 9.17) is 5.41 Å². The molecule has 0 amide bonds. The van der Waals surface area contributed by atoms with Crippen LogP contribution in [0.3, 0.4) is 0 Å². The maximum atomic E-state index is 7.44. The highest BCUT2D eigenvalue weighted by Gasteiger charge is 2.22. The lowest BCUT2D eigenvalue weighted by Crippen LogP contribution is -2.21. The van der Waals surface area contributed by atoms with E-state index in [0.717, 1.165) is 12.8 Å². The molecule has 0 fully saturated rings. The summed E-state index contributed by atoms with van der Waals surface area (Å²) < 4.78 is 0. The highest BCUT2D eigenvalue weighted by molar-refractivity contribution is 5.58. The van der Waals surface area contributed by atoms with Crippen LogP contribution in [0.15, 0.2) is 35.3 Å². The summed E-state index contributed by atoms with van der Waals surface area (Å²) in [5.74, 6) is 0.339. The van der Waals surface area contributed by atoms with Crippen molar-refractivity contribution in [3.8, 4) is 0 Å². The van der Waals surface area contributed by atoms with E-state index in [-0.39, 0.29) is 5.41 Å². The van der Waals surface area contributed by atoms with Crippen molar-refractivity contribution in [2.45, 2.75) is 33.6 Å². The van der Waals surface area contributed by atoms with Gasteiger partial charge in [-0.3, -0.25) is 0 Å². The summed E-state index contributed by atoms with van der Waals surface area (Å²) in [5.41, 5.74) is 7.43. The molecule has 1 aliphatic carbocycles. The van der Waals surface area contributed by atoms with Crippen molar-refractivity contribution in [3.63, 3.8) is 0 Å². The van der Waals surface area contributed by atoms with Crippen molar-refractivity contribution in [3.05, 3.63) is 35.3 Å². The number of hydrogen-bond acceptors (Lipinski definition) is 1. The first kappa shape index (κ1) is 11.8. The number of allylic oxidation sites excluding steroid dienone is 4. The highest BCUT2D eigenvalue weighted by atomic mass is 14.4. The smallest absolute Gasteiger partial charge is 0.00242 e. The Morgan fingerprint density at radius 3 is 2.67 bits per heavy atom. The van der Waals surface area contributed by atoms with Gasteiger partial charge < -0.3 is 5.41 Å². The van der Waals surface area contributed by atoms with Crippen LogP contribution in [0.25, 0.3) is 0 Å². The second-order valence-electron chi connectivity index (χ2n) is 5.00. The topological polar surface area (TPSA) is 23.9 Å². The molecule has 1 N–H and O–H groups in total. The van der Waals surface area contributed by atoms with E-state index < -0.39 is 0 Å². The van der Waals surface area contributed by atoms with E-state index in [9.17, 15) is 0 Å². The zero-order chi connectivity index (χ0) is 11.3. The maximum Gasteiger partial charge on any atom is 0.00242 e. The molecule has 0 spiro atoms. The van der Waals surface area contributed by atoms with Gasteiger partial charge in [-0.2, -0.15) is 0 Å². The molecule has 0 saturated carbocycles. The van der Waals surface area contributed by atoms with Crippen LogP contribution in [0.5, 0.6) is 0 Å². The number of nitrogens with one attached hydrogen (secondary N) is 1. The minimum Gasteiger partial charge on any atom is -0.313 e. The summed E-state index contributed by atoms with van der Waals surface area (Å²) in [6.45, 7) is 6.55. The van der Waals surface area contributed by atoms with Crippen LogP contribution in [-0.2, 0) is 0 Å². The van der Waals surface area contributed by atoms with E-state index >= 15 is 0 Å². The Morgan fingerprint density at radius 1 is 1.47 bits per heavy atom. The zero-order valence-electron chi connectivity index (χ0n) is 9.80. The molecule has 1 atom stereocenters. The lowest BCUT2D eigenvalue weighted by atomic mass is 9.78. The van der Waals surface area contributed by atoms with Crippen LogP contribution in [0, 0.1) is 16.7 Å². The summed E-state index contributed by atoms with van der Waals surface area (Å²) in [7, 11) is 0. The fourth-order valence-corrected chi connectivity index (χ4v) is 1.61. The first-order valence-electron chi connectivity index (χ1n) is 5.42. The average Bonchev–Trinajstić information content (AvgIpc) is 2.18. The quantitative estimate of drug-likeness (QED) is 0.527. The predicted molar refractivity (Wildman–Crippen MR) is 65.2 cm³/mol. The van der Waals surface area contributed by atoms with Gasteiger partial charge in [0.05, 0.1) is 0 Å². The highest BCUT2D eigenvalue weighted by Crippen LogP contribution is 2.29. The van der Waals surface area contributed by atoms with Gasteiger partial charge in [0.2, 0.25) is 0 Å². The van der Waals surface area contributed by atoms with Crippen molar-refractivity contribution < 1.29 is 0 Å². The van der Waals surface area contributed by atoms with Crippen LogP contribution in [0.4, 0.5) is 0 Å². The summed E-state index contributed by atoms with van der Waals surface area (Å²) in [6, 6.07) is 0. The van der Waals surface area contributed by atoms with E-state index in [1.54, 1.807) is 6.21 Å². The van der Waals surface area contributed by atoms with Gasteiger partial charge in [0.1, 0.15) is 0 Å². The van der Waals surface area contributed by atoms with Gasteiger partial charge in [-0.05, 0) is 36.5 Å². The van der Waals surface area contributed by atoms with Crippen molar-refractivity contribution >= 4 is 6.21 Å². The average molecular weight is 201 g/mol. The molecule has 0 bridgehead atoms. The first-order valence-corrected chi connectivity index (χ1v) is 5.42. The molecule has 0 aliphatic heterocycles. The molecule has 0 aromatic carbocycles. The van der Waals surface area contributed by atoms with E-state index in [0.29, 0.717) is 5.92 Å². The molecule has 0 aromatic heterocycles. The van der Waals surface area contributed by atoms with Crippen LogP contribution >= 0.6 is 0 Å². The number of rotatable bonds is 4. The Labute approximate surface area is 92.4 Å². The molecular formula is C14H19N. The Morgan fingerprint density at radius 2 is 2.20 bits per heavy atom. The number of hydrogen-bond donors (Lipinski definition) is 1. The lowest BCUT2D eigenvalue weighted by molar-refractivity contribution is 0.302. The lowest BCUT2D eigenvalue weighted by Gasteiger charge is -2.27. The van der Waals surface area contributed by atoms with Crippen molar-refractivity contribution in [1.29, 1.82) is 5.41 Å². The third-order valence-corrected chi connectivity index (χ3v) is 2.75. The summed E-state index contributed by atoms with van der Waals surface area (Å²) in [6.07, 6.45) is 9.49. The Balaban J connectivity index is 2.56. The van der Waals surface area contributed by atoms with Crippen molar-refractivity contribution in [2.24, 2.45) is 11.3 Å². The fraction of sp³-hybridized carbons (Fsp3) is 0.500. The van der Waals surface area contributed by atoms with Gasteiger partial charge in [0.15, 0.2) is 0 Å². The second-order valence-corrected chi connectivity index (χ2v) is 5.00. The largest absolute Gasteiger partial charge is 0.313 e. The maximum absolute atomic E-state index is 7.44. The Hall–Kier alpha value is -1.29. The van der Waals surface area contributed by atoms with E-state index in [1.807, 2.05) is 12.2 Å². The molecule has 1 aliphatic rings. The minimum absolute atomic E-state index is 0.181. The molecule has 0 saturated heterocycles. The SMILES string of the molecule is CC(C)(C)C(C=N)CCC1=C=C=CC=C1. The molecule has 0 heterocycles. The summed E-state index contributed by atoms with van der Waals surface area (Å²) >= 11 is 0. The van der Waals surface area contributed by atoms with E-state index in [1.165, 1.54) is 5.57 Å². The van der Waals surface area contributed by atoms with Crippen molar-refractivity contribution in [1.82, 2.24) is 0 Å². The van der Waals surface area contributed by atoms with Gasteiger partial charge in [-0.1, -0.05) is 44.4 Å². The van der Waals surface area contributed by atoms with Crippen LogP contribution in [-0.4, -0.2) is 6.21 Å². The normalized spacial score (nSPS) is 16.3. The molecule has 0 aromatic rings. The van der Waals surface area contributed by atoms with Crippen LogP contribution < -0.4 is 0 Å². The molecule has 80 valence electrons. The van der Waals surface area contributed by atoms with Crippen molar-refractivity contribution in [2.75, 3.05) is 0 Å². The van der Waals surface area contributed by atoms with Crippen LogP contribution in [0.1, 0.15) is 33.6 Å². The summed E-state index contributed by atoms with van der Waals surface area (Å²) in [5, 5.41) is 7.44. The molecule has 1 unspecified atom stereocenters. The Kier molecular flexibility index (Phi) is 3.91. The van der Waals surface area contributed by atoms with Gasteiger partial charge in [-0.25, -0.2) is 0 Å². The third-order valence-electron chi connectivity index (χ3n) is 2.75. The Bertz CT molecular complexity index is 353. The van der Waals surface area contributed by atoms with Crippen LogP contribution in [0.2, 0.25) is 0 Å². The molecule has 0 radical (unpaired) electrons. The fourth-order valence-electron chi connectivity index (χ4n) is 1.61. The predicted octanol–water partition coefficient (Wildman–Crippen LogP) is 3.88. The van der Waals surface area contributed by atoms with Gasteiger partial charge >= 0.3 is 0 Å². The second kappa shape index (κ2) is 4.98. The minimum atomic E-state index is 0.181. The third kappa shape index (κ3) is 3.75. The standard InChI is InChI=1S/C14H19N/c1-14(2,3)13(11-15)10-9-12-7-5-4-6-8-12/h4-5,7,11,13,15H,9-10H2,1-3H3. The monoisotopic (exact) mass is 201 g/mol. The molecular weight excluding hydrogens is 182 g/mol.